The molecule has 25 heavy (non-hydrogen) atoms. The second-order valence-corrected chi connectivity index (χ2v) is 6.94. The van der Waals surface area contributed by atoms with Crippen molar-refractivity contribution in [3.63, 3.8) is 0 Å². The largest absolute Gasteiger partial charge is 0.441 e. The van der Waals surface area contributed by atoms with Gasteiger partial charge in [0.15, 0.2) is 11.7 Å². The molecule has 0 radical (unpaired) electrons. The highest BCUT2D eigenvalue weighted by Gasteiger charge is 2.25. The van der Waals surface area contributed by atoms with Crippen LogP contribution in [0.15, 0.2) is 34.9 Å². The molecule has 1 amide bonds. The Morgan fingerprint density at radius 1 is 1.28 bits per heavy atom. The van der Waals surface area contributed by atoms with Crippen LogP contribution in [-0.4, -0.2) is 23.5 Å². The molecule has 134 valence electrons. The molecule has 5 nitrogen and oxygen atoms in total. The molecule has 3 rings (SSSR count). The average molecular weight is 341 g/mol. The number of carbonyl (C=O) groups excluding carboxylic acids is 1. The van der Waals surface area contributed by atoms with Crippen LogP contribution in [0.3, 0.4) is 0 Å². The van der Waals surface area contributed by atoms with Crippen LogP contribution >= 0.6 is 0 Å². The number of nitrogens with two attached hydrogens (primary N) is 1. The highest BCUT2D eigenvalue weighted by atomic mass is 16.4. The molecule has 1 fully saturated rings. The van der Waals surface area contributed by atoms with Gasteiger partial charge in [0.25, 0.3) is 0 Å². The van der Waals surface area contributed by atoms with Crippen molar-refractivity contribution in [2.45, 2.75) is 51.5 Å². The lowest BCUT2D eigenvalue weighted by Crippen LogP contribution is -2.44. The van der Waals surface area contributed by atoms with Crippen molar-refractivity contribution in [3.8, 4) is 11.3 Å². The zero-order valence-electron chi connectivity index (χ0n) is 14.8. The van der Waals surface area contributed by atoms with Crippen molar-refractivity contribution in [1.82, 2.24) is 10.3 Å². The van der Waals surface area contributed by atoms with Crippen molar-refractivity contribution in [3.05, 3.63) is 41.9 Å². The Hall–Kier alpha value is -2.14. The van der Waals surface area contributed by atoms with Crippen molar-refractivity contribution < 1.29 is 9.21 Å². The van der Waals surface area contributed by atoms with Crippen molar-refractivity contribution in [2.24, 2.45) is 11.7 Å². The van der Waals surface area contributed by atoms with Gasteiger partial charge >= 0.3 is 0 Å². The molecule has 1 saturated carbocycles. The molecule has 0 bridgehead atoms. The van der Waals surface area contributed by atoms with E-state index in [1.807, 2.05) is 24.3 Å². The van der Waals surface area contributed by atoms with Crippen LogP contribution in [0.1, 0.15) is 43.6 Å². The highest BCUT2D eigenvalue weighted by Crippen LogP contribution is 2.24. The predicted molar refractivity (Wildman–Crippen MR) is 97.9 cm³/mol. The fraction of sp³-hybridized carbons (Fsp3) is 0.500. The minimum atomic E-state index is 0.0560. The van der Waals surface area contributed by atoms with Gasteiger partial charge in [0.05, 0.1) is 6.20 Å². The number of rotatable bonds is 6. The van der Waals surface area contributed by atoms with E-state index in [1.165, 1.54) is 18.4 Å². The molecule has 3 N–H and O–H groups in total. The lowest BCUT2D eigenvalue weighted by atomic mass is 9.84. The second kappa shape index (κ2) is 8.30. The van der Waals surface area contributed by atoms with E-state index in [9.17, 15) is 4.79 Å². The molecule has 0 saturated heterocycles. The summed E-state index contributed by atoms with van der Waals surface area (Å²) >= 11 is 0. The summed E-state index contributed by atoms with van der Waals surface area (Å²) < 4.78 is 5.78. The number of aryl methyl sites for hydroxylation is 2. The lowest BCUT2D eigenvalue weighted by molar-refractivity contribution is -0.122. The van der Waals surface area contributed by atoms with E-state index in [4.69, 9.17) is 10.2 Å². The van der Waals surface area contributed by atoms with Gasteiger partial charge in [0.1, 0.15) is 0 Å². The van der Waals surface area contributed by atoms with Gasteiger partial charge in [0, 0.05) is 24.4 Å². The minimum absolute atomic E-state index is 0.0560. The van der Waals surface area contributed by atoms with E-state index in [2.05, 4.69) is 17.2 Å². The molecular weight excluding hydrogens is 314 g/mol. The third kappa shape index (κ3) is 4.69. The Balaban J connectivity index is 1.51. The van der Waals surface area contributed by atoms with Gasteiger partial charge in [-0.15, -0.1) is 0 Å². The molecule has 2 atom stereocenters. The molecule has 1 aromatic heterocycles. The molecule has 2 unspecified atom stereocenters. The summed E-state index contributed by atoms with van der Waals surface area (Å²) in [6.07, 6.45) is 7.15. The molecule has 1 aliphatic carbocycles. The van der Waals surface area contributed by atoms with Crippen LogP contribution in [0.25, 0.3) is 11.3 Å². The maximum absolute atomic E-state index is 12.2. The molecule has 2 aromatic rings. The summed E-state index contributed by atoms with van der Waals surface area (Å²) in [4.78, 5) is 16.5. The molecule has 1 heterocycles. The maximum Gasteiger partial charge on any atom is 0.220 e. The maximum atomic E-state index is 12.2. The number of nitrogens with zero attached hydrogens (tertiary/aromatic N) is 1. The average Bonchev–Trinajstić information content (AvgIpc) is 3.10. The third-order valence-corrected chi connectivity index (χ3v) is 5.01. The number of benzene rings is 1. The van der Waals surface area contributed by atoms with Crippen molar-refractivity contribution in [1.29, 1.82) is 0 Å². The Bertz CT molecular complexity index is 693. The number of aromatic nitrogens is 1. The summed E-state index contributed by atoms with van der Waals surface area (Å²) in [5, 5.41) is 3.15. The van der Waals surface area contributed by atoms with Crippen LogP contribution in [0.2, 0.25) is 0 Å². The van der Waals surface area contributed by atoms with Crippen LogP contribution in [-0.2, 0) is 11.2 Å². The lowest BCUT2D eigenvalue weighted by Gasteiger charge is -2.31. The molecular formula is C20H27N3O2. The van der Waals surface area contributed by atoms with Gasteiger partial charge in [-0.1, -0.05) is 42.7 Å². The fourth-order valence-electron chi connectivity index (χ4n) is 3.46. The smallest absolute Gasteiger partial charge is 0.220 e. The normalized spacial score (nSPS) is 20.4. The third-order valence-electron chi connectivity index (χ3n) is 5.01. The summed E-state index contributed by atoms with van der Waals surface area (Å²) in [7, 11) is 0. The van der Waals surface area contributed by atoms with Crippen LogP contribution in [0.4, 0.5) is 0 Å². The number of oxazole rings is 1. The fourth-order valence-corrected chi connectivity index (χ4v) is 3.46. The van der Waals surface area contributed by atoms with Gasteiger partial charge in [-0.25, -0.2) is 4.98 Å². The van der Waals surface area contributed by atoms with E-state index in [0.717, 1.165) is 24.2 Å². The number of hydrogen-bond acceptors (Lipinski definition) is 4. The Morgan fingerprint density at radius 2 is 2.04 bits per heavy atom. The first-order valence-electron chi connectivity index (χ1n) is 9.17. The van der Waals surface area contributed by atoms with Crippen LogP contribution in [0, 0.1) is 12.8 Å². The Kier molecular flexibility index (Phi) is 5.87. The van der Waals surface area contributed by atoms with Gasteiger partial charge in [-0.2, -0.15) is 0 Å². The topological polar surface area (TPSA) is 81.2 Å². The van der Waals surface area contributed by atoms with Crippen molar-refractivity contribution in [2.75, 3.05) is 6.54 Å². The first-order valence-corrected chi connectivity index (χ1v) is 9.17. The number of nitrogens with one attached hydrogen (secondary N) is 1. The first-order chi connectivity index (χ1) is 12.2. The minimum Gasteiger partial charge on any atom is -0.441 e. The van der Waals surface area contributed by atoms with E-state index in [0.29, 0.717) is 31.2 Å². The molecule has 0 spiro atoms. The second-order valence-electron chi connectivity index (χ2n) is 6.94. The quantitative estimate of drug-likeness (QED) is 0.845. The zero-order valence-corrected chi connectivity index (χ0v) is 14.8. The van der Waals surface area contributed by atoms with Gasteiger partial charge < -0.3 is 15.5 Å². The predicted octanol–water partition coefficient (Wildman–Crippen LogP) is 3.22. The monoisotopic (exact) mass is 341 g/mol. The molecule has 5 heteroatoms. The SMILES string of the molecule is Cc1ccc(-c2cnc(CCC(=O)NC3CCCCC3CN)o2)cc1. The van der Waals surface area contributed by atoms with E-state index < -0.39 is 0 Å². The van der Waals surface area contributed by atoms with Crippen LogP contribution < -0.4 is 11.1 Å². The van der Waals surface area contributed by atoms with E-state index in [1.54, 1.807) is 6.20 Å². The zero-order chi connectivity index (χ0) is 17.6. The van der Waals surface area contributed by atoms with E-state index in [-0.39, 0.29) is 11.9 Å². The van der Waals surface area contributed by atoms with Gasteiger partial charge in [0.2, 0.25) is 5.91 Å². The van der Waals surface area contributed by atoms with Gasteiger partial charge in [-0.3, -0.25) is 4.79 Å². The summed E-state index contributed by atoms with van der Waals surface area (Å²) in [6, 6.07) is 8.34. The Morgan fingerprint density at radius 3 is 2.80 bits per heavy atom. The molecule has 0 aliphatic heterocycles. The number of hydrogen-bond donors (Lipinski definition) is 2. The Labute approximate surface area is 149 Å². The van der Waals surface area contributed by atoms with Crippen LogP contribution in [0.5, 0.6) is 0 Å². The number of carbonyl (C=O) groups is 1. The number of amides is 1. The standard InChI is InChI=1S/C20H27N3O2/c1-14-6-8-15(9-7-14)18-13-22-20(25-18)11-10-19(24)23-17-5-3-2-4-16(17)12-21/h6-9,13,16-17H,2-5,10-12,21H2,1H3,(H,23,24). The molecule has 1 aliphatic rings. The van der Waals surface area contributed by atoms with E-state index >= 15 is 0 Å². The van der Waals surface area contributed by atoms with Gasteiger partial charge in [-0.05, 0) is 32.2 Å². The first kappa shape index (κ1) is 17.7. The molecule has 1 aromatic carbocycles. The summed E-state index contributed by atoms with van der Waals surface area (Å²) in [5.41, 5.74) is 8.03. The summed E-state index contributed by atoms with van der Waals surface area (Å²) in [6.45, 7) is 2.69. The summed E-state index contributed by atoms with van der Waals surface area (Å²) in [5.74, 6) is 1.81. The van der Waals surface area contributed by atoms with Crippen molar-refractivity contribution >= 4 is 5.91 Å². The highest BCUT2D eigenvalue weighted by molar-refractivity contribution is 5.76.